The molecular formula is C14H12N2O2. The minimum absolute atomic E-state index is 0.108. The highest BCUT2D eigenvalue weighted by Gasteiger charge is 2.11. The summed E-state index contributed by atoms with van der Waals surface area (Å²) >= 11 is 0. The van der Waals surface area contributed by atoms with Gasteiger partial charge in [0, 0.05) is 17.1 Å². The van der Waals surface area contributed by atoms with Crippen molar-refractivity contribution in [3.8, 4) is 0 Å². The molecule has 90 valence electrons. The molecule has 4 nitrogen and oxygen atoms in total. The highest BCUT2D eigenvalue weighted by Crippen LogP contribution is 2.17. The average molecular weight is 240 g/mol. The van der Waals surface area contributed by atoms with Gasteiger partial charge in [0.2, 0.25) is 0 Å². The van der Waals surface area contributed by atoms with E-state index in [0.717, 1.165) is 16.7 Å². The van der Waals surface area contributed by atoms with Crippen molar-refractivity contribution < 1.29 is 9.21 Å². The molecule has 0 radical (unpaired) electrons. The summed E-state index contributed by atoms with van der Waals surface area (Å²) in [6, 6.07) is 11.3. The molecule has 18 heavy (non-hydrogen) atoms. The minimum atomic E-state index is -0.108. The number of rotatable bonds is 3. The second kappa shape index (κ2) is 4.41. The molecule has 0 aliphatic carbocycles. The van der Waals surface area contributed by atoms with Crippen LogP contribution in [0.4, 0.5) is 0 Å². The summed E-state index contributed by atoms with van der Waals surface area (Å²) in [7, 11) is 0. The molecule has 2 heterocycles. The van der Waals surface area contributed by atoms with E-state index in [1.54, 1.807) is 18.5 Å². The quantitative estimate of drug-likeness (QED) is 0.739. The third-order valence-electron chi connectivity index (χ3n) is 2.84. The van der Waals surface area contributed by atoms with Gasteiger partial charge in [0.25, 0.3) is 5.91 Å². The number of hydrogen-bond donors (Lipinski definition) is 2. The van der Waals surface area contributed by atoms with Crippen LogP contribution in [0.25, 0.3) is 10.9 Å². The highest BCUT2D eigenvalue weighted by atomic mass is 16.3. The van der Waals surface area contributed by atoms with Gasteiger partial charge in [-0.05, 0) is 18.2 Å². The molecule has 1 aromatic carbocycles. The largest absolute Gasteiger partial charge is 0.467 e. The molecule has 3 rings (SSSR count). The van der Waals surface area contributed by atoms with Crippen molar-refractivity contribution in [2.24, 2.45) is 0 Å². The van der Waals surface area contributed by atoms with Gasteiger partial charge in [-0.1, -0.05) is 18.2 Å². The number of aromatic amines is 1. The van der Waals surface area contributed by atoms with Crippen molar-refractivity contribution in [2.45, 2.75) is 6.54 Å². The number of fused-ring (bicyclic) bond motifs is 1. The van der Waals surface area contributed by atoms with E-state index < -0.39 is 0 Å². The maximum absolute atomic E-state index is 12.0. The number of para-hydroxylation sites is 1. The maximum Gasteiger partial charge on any atom is 0.253 e. The third kappa shape index (κ3) is 1.88. The second-order valence-corrected chi connectivity index (χ2v) is 4.01. The Morgan fingerprint density at radius 3 is 2.94 bits per heavy atom. The smallest absolute Gasteiger partial charge is 0.253 e. The zero-order valence-corrected chi connectivity index (χ0v) is 9.64. The van der Waals surface area contributed by atoms with Crippen LogP contribution in [0.2, 0.25) is 0 Å². The number of amides is 1. The molecule has 0 atom stereocenters. The summed E-state index contributed by atoms with van der Waals surface area (Å²) in [5.74, 6) is 0.632. The summed E-state index contributed by atoms with van der Waals surface area (Å²) in [5.41, 5.74) is 1.61. The lowest BCUT2D eigenvalue weighted by atomic mass is 10.1. The number of furan rings is 1. The maximum atomic E-state index is 12.0. The van der Waals surface area contributed by atoms with Gasteiger partial charge in [0.05, 0.1) is 18.4 Å². The molecule has 0 fully saturated rings. The first-order valence-corrected chi connectivity index (χ1v) is 5.71. The zero-order chi connectivity index (χ0) is 12.4. The van der Waals surface area contributed by atoms with Crippen molar-refractivity contribution >= 4 is 16.8 Å². The predicted octanol–water partition coefficient (Wildman–Crippen LogP) is 2.69. The topological polar surface area (TPSA) is 58.0 Å². The lowest BCUT2D eigenvalue weighted by Gasteiger charge is -2.01. The summed E-state index contributed by atoms with van der Waals surface area (Å²) in [6.45, 7) is 0.394. The first-order valence-electron chi connectivity index (χ1n) is 5.71. The Bertz CT molecular complexity index is 668. The predicted molar refractivity (Wildman–Crippen MR) is 68.2 cm³/mol. The molecule has 0 bridgehead atoms. The third-order valence-corrected chi connectivity index (χ3v) is 2.84. The van der Waals surface area contributed by atoms with Crippen LogP contribution in [0.5, 0.6) is 0 Å². The molecule has 0 aliphatic heterocycles. The number of carbonyl (C=O) groups is 1. The fourth-order valence-electron chi connectivity index (χ4n) is 1.94. The van der Waals surface area contributed by atoms with Crippen LogP contribution in [-0.4, -0.2) is 10.9 Å². The number of nitrogens with one attached hydrogen (secondary N) is 2. The van der Waals surface area contributed by atoms with Gasteiger partial charge in [-0.3, -0.25) is 4.79 Å². The molecule has 0 saturated carbocycles. The number of carbonyl (C=O) groups excluding carboxylic acids is 1. The highest BCUT2D eigenvalue weighted by molar-refractivity contribution is 6.06. The normalized spacial score (nSPS) is 10.7. The molecule has 0 saturated heterocycles. The molecule has 4 heteroatoms. The lowest BCUT2D eigenvalue weighted by Crippen LogP contribution is -2.22. The monoisotopic (exact) mass is 240 g/mol. The molecule has 3 aromatic rings. The fourth-order valence-corrected chi connectivity index (χ4v) is 1.94. The molecule has 0 unspecified atom stereocenters. The molecular weight excluding hydrogens is 228 g/mol. The standard InChI is InChI=1S/C14H12N2O2/c17-14(16-8-10-4-3-7-18-10)12-9-15-13-6-2-1-5-11(12)13/h1-7,9,15H,8H2,(H,16,17). The zero-order valence-electron chi connectivity index (χ0n) is 9.64. The van der Waals surface area contributed by atoms with Gasteiger partial charge in [0.15, 0.2) is 0 Å². The Balaban J connectivity index is 1.80. The van der Waals surface area contributed by atoms with E-state index in [1.807, 2.05) is 30.3 Å². The van der Waals surface area contributed by atoms with Crippen LogP contribution >= 0.6 is 0 Å². The van der Waals surface area contributed by atoms with Gasteiger partial charge in [-0.25, -0.2) is 0 Å². The van der Waals surface area contributed by atoms with Gasteiger partial charge < -0.3 is 14.7 Å². The van der Waals surface area contributed by atoms with E-state index in [0.29, 0.717) is 12.1 Å². The van der Waals surface area contributed by atoms with Gasteiger partial charge >= 0.3 is 0 Å². The van der Waals surface area contributed by atoms with Crippen molar-refractivity contribution in [1.29, 1.82) is 0 Å². The van der Waals surface area contributed by atoms with E-state index in [-0.39, 0.29) is 5.91 Å². The van der Waals surface area contributed by atoms with Crippen LogP contribution < -0.4 is 5.32 Å². The van der Waals surface area contributed by atoms with Gasteiger partial charge in [-0.2, -0.15) is 0 Å². The molecule has 0 spiro atoms. The Morgan fingerprint density at radius 1 is 1.22 bits per heavy atom. The van der Waals surface area contributed by atoms with E-state index in [2.05, 4.69) is 10.3 Å². The summed E-state index contributed by atoms with van der Waals surface area (Å²) in [5, 5.41) is 3.75. The first-order chi connectivity index (χ1) is 8.84. The van der Waals surface area contributed by atoms with Gasteiger partial charge in [0.1, 0.15) is 5.76 Å². The van der Waals surface area contributed by atoms with E-state index in [9.17, 15) is 4.79 Å². The minimum Gasteiger partial charge on any atom is -0.467 e. The summed E-state index contributed by atoms with van der Waals surface area (Å²) in [6.07, 6.45) is 3.31. The average Bonchev–Trinajstić information content (AvgIpc) is 3.05. The van der Waals surface area contributed by atoms with Crippen molar-refractivity contribution in [2.75, 3.05) is 0 Å². The SMILES string of the molecule is O=C(NCc1ccco1)c1c[nH]c2ccccc12. The van der Waals surface area contributed by atoms with Gasteiger partial charge in [-0.15, -0.1) is 0 Å². The van der Waals surface area contributed by atoms with Crippen molar-refractivity contribution in [3.63, 3.8) is 0 Å². The van der Waals surface area contributed by atoms with Crippen LogP contribution in [0, 0.1) is 0 Å². The van der Waals surface area contributed by atoms with Crippen molar-refractivity contribution in [1.82, 2.24) is 10.3 Å². The Hall–Kier alpha value is -2.49. The van der Waals surface area contributed by atoms with Crippen LogP contribution in [0.15, 0.2) is 53.3 Å². The van der Waals surface area contributed by atoms with E-state index in [1.165, 1.54) is 0 Å². The second-order valence-electron chi connectivity index (χ2n) is 4.01. The molecule has 0 aliphatic rings. The first kappa shape index (κ1) is 10.7. The summed E-state index contributed by atoms with van der Waals surface area (Å²) in [4.78, 5) is 15.1. The number of aromatic nitrogens is 1. The molecule has 2 aromatic heterocycles. The number of H-pyrrole nitrogens is 1. The fraction of sp³-hybridized carbons (Fsp3) is 0.0714. The summed E-state index contributed by atoms with van der Waals surface area (Å²) < 4.78 is 5.17. The van der Waals surface area contributed by atoms with E-state index in [4.69, 9.17) is 4.42 Å². The van der Waals surface area contributed by atoms with Crippen LogP contribution in [0.1, 0.15) is 16.1 Å². The Morgan fingerprint density at radius 2 is 2.11 bits per heavy atom. The van der Waals surface area contributed by atoms with Crippen molar-refractivity contribution in [3.05, 3.63) is 60.2 Å². The molecule has 1 amide bonds. The molecule has 2 N–H and O–H groups in total. The Kier molecular flexibility index (Phi) is 2.61. The van der Waals surface area contributed by atoms with Crippen LogP contribution in [0.3, 0.4) is 0 Å². The number of benzene rings is 1. The lowest BCUT2D eigenvalue weighted by molar-refractivity contribution is 0.0949. The number of hydrogen-bond acceptors (Lipinski definition) is 2. The Labute approximate surface area is 104 Å². The van der Waals surface area contributed by atoms with E-state index >= 15 is 0 Å². The van der Waals surface area contributed by atoms with Crippen LogP contribution in [-0.2, 0) is 6.54 Å².